The molecule has 0 radical (unpaired) electrons. The molecule has 1 aromatic carbocycles. The summed E-state index contributed by atoms with van der Waals surface area (Å²) in [4.78, 5) is 10.7. The van der Waals surface area contributed by atoms with Crippen molar-refractivity contribution in [2.24, 2.45) is 0 Å². The lowest BCUT2D eigenvalue weighted by Crippen LogP contribution is -2.13. The summed E-state index contributed by atoms with van der Waals surface area (Å²) < 4.78 is 11.6. The molecule has 11 heavy (non-hydrogen) atoms. The number of nitrogens with one attached hydrogen (secondary N) is 1. The molecule has 0 aliphatic rings. The summed E-state index contributed by atoms with van der Waals surface area (Å²) >= 11 is 0. The molecule has 0 fully saturated rings. The summed E-state index contributed by atoms with van der Waals surface area (Å²) in [5.41, 5.74) is 2.35. The van der Waals surface area contributed by atoms with E-state index in [1.165, 1.54) is 0 Å². The molecule has 1 rings (SSSR count). The smallest absolute Gasteiger partial charge is 0.267 e. The minimum atomic E-state index is -0.700. The van der Waals surface area contributed by atoms with Gasteiger partial charge in [-0.15, -0.1) is 0 Å². The lowest BCUT2D eigenvalue weighted by atomic mass is 10.1. The van der Waals surface area contributed by atoms with Crippen molar-refractivity contribution in [3.8, 4) is 0 Å². The van der Waals surface area contributed by atoms with Crippen LogP contribution in [0.2, 0.25) is 0 Å². The van der Waals surface area contributed by atoms with Crippen LogP contribution in [0, 0.1) is 6.92 Å². The number of hydrogen-bond donors (Lipinski definition) is 1. The minimum Gasteiger partial charge on any atom is -0.267 e. The van der Waals surface area contributed by atoms with Crippen molar-refractivity contribution in [1.82, 2.24) is 5.54 Å². The summed E-state index contributed by atoms with van der Waals surface area (Å²) in [6.07, 6.45) is 0. The van der Waals surface area contributed by atoms with E-state index >= 15 is 0 Å². The zero-order chi connectivity index (χ0) is 8.27. The van der Waals surface area contributed by atoms with Gasteiger partial charge >= 0.3 is 0 Å². The average molecular weight is 153 g/mol. The van der Waals surface area contributed by atoms with Gasteiger partial charge in [0.25, 0.3) is 5.91 Å². The lowest BCUT2D eigenvalue weighted by Gasteiger charge is -1.96. The quantitative estimate of drug-likeness (QED) is 0.610. The van der Waals surface area contributed by atoms with Gasteiger partial charge in [-0.1, -0.05) is 22.2 Å². The molecule has 1 N–H and O–H groups in total. The van der Waals surface area contributed by atoms with Crippen molar-refractivity contribution < 1.29 is 9.28 Å². The monoisotopic (exact) mass is 153 g/mol. The van der Waals surface area contributed by atoms with Gasteiger partial charge < -0.3 is 0 Å². The number of benzene rings is 1. The average Bonchev–Trinajstić information content (AvgIpc) is 2.03. The Morgan fingerprint density at radius 2 is 2.27 bits per heavy atom. The van der Waals surface area contributed by atoms with E-state index in [1.807, 2.05) is 13.0 Å². The normalized spacial score (nSPS) is 9.27. The van der Waals surface area contributed by atoms with E-state index in [9.17, 15) is 9.28 Å². The second-order valence-corrected chi connectivity index (χ2v) is 2.29. The van der Waals surface area contributed by atoms with Crippen LogP contribution in [0.3, 0.4) is 0 Å². The van der Waals surface area contributed by atoms with Gasteiger partial charge in [-0.2, -0.15) is 5.54 Å². The molecule has 0 atom stereocenters. The van der Waals surface area contributed by atoms with Crippen LogP contribution in [0.25, 0.3) is 0 Å². The summed E-state index contributed by atoms with van der Waals surface area (Å²) in [6.45, 7) is 1.84. The Balaban J connectivity index is 2.96. The SMILES string of the molecule is Cc1cccc(C(=O)NF)c1. The third-order valence-electron chi connectivity index (χ3n) is 1.37. The summed E-state index contributed by atoms with van der Waals surface area (Å²) in [5.74, 6) is -0.700. The zero-order valence-corrected chi connectivity index (χ0v) is 6.10. The molecule has 3 heteroatoms. The molecule has 0 aromatic heterocycles. The Morgan fingerprint density at radius 1 is 1.55 bits per heavy atom. The predicted molar refractivity (Wildman–Crippen MR) is 39.8 cm³/mol. The molecule has 0 bridgehead atoms. The van der Waals surface area contributed by atoms with Gasteiger partial charge in [-0.05, 0) is 19.1 Å². The molecule has 1 amide bonds. The van der Waals surface area contributed by atoms with Crippen molar-refractivity contribution in [1.29, 1.82) is 0 Å². The number of amides is 1. The molecule has 58 valence electrons. The Hall–Kier alpha value is -1.38. The minimum absolute atomic E-state index is 0.340. The van der Waals surface area contributed by atoms with Crippen LogP contribution < -0.4 is 5.54 Å². The second kappa shape index (κ2) is 3.14. The van der Waals surface area contributed by atoms with Gasteiger partial charge in [0.15, 0.2) is 0 Å². The van der Waals surface area contributed by atoms with E-state index in [0.717, 1.165) is 11.1 Å². The van der Waals surface area contributed by atoms with Gasteiger partial charge in [0.1, 0.15) is 0 Å². The second-order valence-electron chi connectivity index (χ2n) is 2.29. The molecule has 0 spiro atoms. The molecule has 1 aromatic rings. The first-order valence-corrected chi connectivity index (χ1v) is 3.21. The molecule has 0 saturated heterocycles. The Labute approximate surface area is 64.0 Å². The first kappa shape index (κ1) is 7.72. The summed E-state index contributed by atoms with van der Waals surface area (Å²) in [5, 5.41) is 0. The Kier molecular flexibility index (Phi) is 2.21. The number of aryl methyl sites for hydroxylation is 1. The van der Waals surface area contributed by atoms with Crippen LogP contribution in [0.5, 0.6) is 0 Å². The van der Waals surface area contributed by atoms with Gasteiger partial charge in [0.05, 0.1) is 0 Å². The maximum atomic E-state index is 11.6. The summed E-state index contributed by atoms with van der Waals surface area (Å²) in [6, 6.07) is 6.73. The molecule has 0 aliphatic heterocycles. The lowest BCUT2D eigenvalue weighted by molar-refractivity contribution is 0.0859. The van der Waals surface area contributed by atoms with Crippen molar-refractivity contribution >= 4 is 5.91 Å². The first-order valence-electron chi connectivity index (χ1n) is 3.21. The molecule has 0 heterocycles. The highest BCUT2D eigenvalue weighted by molar-refractivity contribution is 5.93. The van der Waals surface area contributed by atoms with Gasteiger partial charge in [0, 0.05) is 5.56 Å². The Morgan fingerprint density at radius 3 is 2.82 bits per heavy atom. The van der Waals surface area contributed by atoms with Crippen molar-refractivity contribution in [3.05, 3.63) is 35.4 Å². The summed E-state index contributed by atoms with van der Waals surface area (Å²) in [7, 11) is 0. The van der Waals surface area contributed by atoms with E-state index in [2.05, 4.69) is 0 Å². The third-order valence-corrected chi connectivity index (χ3v) is 1.37. The van der Waals surface area contributed by atoms with Crippen LogP contribution in [0.1, 0.15) is 15.9 Å². The highest BCUT2D eigenvalue weighted by atomic mass is 19.2. The largest absolute Gasteiger partial charge is 0.278 e. The fraction of sp³-hybridized carbons (Fsp3) is 0.125. The van der Waals surface area contributed by atoms with Crippen molar-refractivity contribution in [2.75, 3.05) is 0 Å². The molecule has 0 unspecified atom stereocenters. The molecular weight excluding hydrogens is 145 g/mol. The highest BCUT2D eigenvalue weighted by Crippen LogP contribution is 2.02. The Bertz CT molecular complexity index is 273. The number of rotatable bonds is 1. The van der Waals surface area contributed by atoms with E-state index in [0.29, 0.717) is 5.56 Å². The van der Waals surface area contributed by atoms with E-state index in [1.54, 1.807) is 18.2 Å². The predicted octanol–water partition coefficient (Wildman–Crippen LogP) is 1.61. The maximum absolute atomic E-state index is 11.6. The zero-order valence-electron chi connectivity index (χ0n) is 6.10. The maximum Gasteiger partial charge on any atom is 0.278 e. The molecule has 0 saturated carbocycles. The van der Waals surface area contributed by atoms with E-state index in [-0.39, 0.29) is 0 Å². The standard InChI is InChI=1S/C8H8FNO/c1-6-3-2-4-7(5-6)8(11)10-9/h2-5H,1H3,(H,10,11). The number of carbonyl (C=O) groups excluding carboxylic acids is 1. The van der Waals surface area contributed by atoms with Crippen LogP contribution in [-0.2, 0) is 0 Å². The van der Waals surface area contributed by atoms with Crippen LogP contribution in [0.4, 0.5) is 4.48 Å². The van der Waals surface area contributed by atoms with E-state index < -0.39 is 5.91 Å². The van der Waals surface area contributed by atoms with Crippen molar-refractivity contribution in [3.63, 3.8) is 0 Å². The number of hydrogen-bond acceptors (Lipinski definition) is 1. The van der Waals surface area contributed by atoms with Gasteiger partial charge in [0.2, 0.25) is 0 Å². The van der Waals surface area contributed by atoms with E-state index in [4.69, 9.17) is 0 Å². The van der Waals surface area contributed by atoms with Crippen molar-refractivity contribution in [2.45, 2.75) is 6.92 Å². The number of halogens is 1. The highest BCUT2D eigenvalue weighted by Gasteiger charge is 2.02. The van der Waals surface area contributed by atoms with Crippen LogP contribution in [0.15, 0.2) is 24.3 Å². The number of carbonyl (C=O) groups is 1. The fourth-order valence-corrected chi connectivity index (χ4v) is 0.841. The molecule has 2 nitrogen and oxygen atoms in total. The van der Waals surface area contributed by atoms with Gasteiger partial charge in [-0.3, -0.25) is 4.79 Å². The third kappa shape index (κ3) is 1.77. The molecule has 0 aliphatic carbocycles. The van der Waals surface area contributed by atoms with Crippen LogP contribution in [-0.4, -0.2) is 5.91 Å². The topological polar surface area (TPSA) is 29.1 Å². The van der Waals surface area contributed by atoms with Crippen LogP contribution >= 0.6 is 0 Å². The molecular formula is C8H8FNO. The first-order chi connectivity index (χ1) is 5.24. The fourth-order valence-electron chi connectivity index (χ4n) is 0.841. The van der Waals surface area contributed by atoms with Gasteiger partial charge in [-0.25, -0.2) is 0 Å².